The van der Waals surface area contributed by atoms with Gasteiger partial charge in [0.1, 0.15) is 29.7 Å². The first-order valence-electron chi connectivity index (χ1n) is 7.59. The van der Waals surface area contributed by atoms with E-state index in [2.05, 4.69) is 4.99 Å². The summed E-state index contributed by atoms with van der Waals surface area (Å²) in [5.41, 5.74) is 6.13. The highest BCUT2D eigenvalue weighted by Gasteiger charge is 2.28. The fraction of sp³-hybridized carbons (Fsp3) is 0.294. The van der Waals surface area contributed by atoms with E-state index < -0.39 is 18.1 Å². The monoisotopic (exact) mass is 329 g/mol. The minimum absolute atomic E-state index is 0.215. The van der Waals surface area contributed by atoms with Crippen molar-refractivity contribution < 1.29 is 19.1 Å². The number of benzene rings is 1. The molecule has 0 spiro atoms. The van der Waals surface area contributed by atoms with Gasteiger partial charge in [-0.1, -0.05) is 0 Å². The number of aliphatic hydroxyl groups excluding tert-OH is 1. The third kappa shape index (κ3) is 3.26. The summed E-state index contributed by atoms with van der Waals surface area (Å²) in [6, 6.07) is 6.64. The molecule has 1 amide bonds. The maximum Gasteiger partial charge on any atom is 0.242 e. The van der Waals surface area contributed by atoms with E-state index in [0.717, 1.165) is 16.7 Å². The molecule has 0 saturated carbocycles. The Labute approximate surface area is 139 Å². The predicted octanol–water partition coefficient (Wildman–Crippen LogP) is 1.19. The maximum absolute atomic E-state index is 11.5. The lowest BCUT2D eigenvalue weighted by Gasteiger charge is -2.33. The molecular formula is C17H19N3O4. The predicted molar refractivity (Wildman–Crippen MR) is 89.8 cm³/mol. The first-order chi connectivity index (χ1) is 11.6. The smallest absolute Gasteiger partial charge is 0.242 e. The minimum Gasteiger partial charge on any atom is -0.489 e. The number of carbonyl (C=O) groups is 1. The average molecular weight is 329 g/mol. The number of hydrogen-bond acceptors (Lipinski definition) is 6. The molecule has 1 aliphatic rings. The molecule has 2 aromatic rings. The fourth-order valence-electron chi connectivity index (χ4n) is 2.65. The van der Waals surface area contributed by atoms with Gasteiger partial charge >= 0.3 is 0 Å². The number of nitrogens with zero attached hydrogens (tertiary/aromatic N) is 2. The topological polar surface area (TPSA) is 101 Å². The van der Waals surface area contributed by atoms with Crippen molar-refractivity contribution in [2.24, 2.45) is 10.7 Å². The molecule has 1 unspecified atom stereocenters. The van der Waals surface area contributed by atoms with Gasteiger partial charge in [0.25, 0.3) is 0 Å². The van der Waals surface area contributed by atoms with E-state index >= 15 is 0 Å². The highest BCUT2D eigenvalue weighted by atomic mass is 16.5. The van der Waals surface area contributed by atoms with Crippen LogP contribution < -0.4 is 10.5 Å². The number of amides is 1. The van der Waals surface area contributed by atoms with Crippen LogP contribution in [0.3, 0.4) is 0 Å². The van der Waals surface area contributed by atoms with Gasteiger partial charge in [0.05, 0.1) is 6.61 Å². The summed E-state index contributed by atoms with van der Waals surface area (Å²) in [7, 11) is 0. The molecule has 7 heteroatoms. The fourth-order valence-corrected chi connectivity index (χ4v) is 2.65. The van der Waals surface area contributed by atoms with Gasteiger partial charge in [-0.2, -0.15) is 0 Å². The summed E-state index contributed by atoms with van der Waals surface area (Å²) in [5, 5.41) is 10.4. The van der Waals surface area contributed by atoms with Gasteiger partial charge in [0, 0.05) is 17.8 Å². The quantitative estimate of drug-likeness (QED) is 0.829. The number of carbonyl (C=O) groups excluding carboxylic acids is 1. The molecule has 1 aliphatic heterocycles. The largest absolute Gasteiger partial charge is 0.489 e. The van der Waals surface area contributed by atoms with E-state index in [1.54, 1.807) is 23.4 Å². The number of primary amides is 1. The van der Waals surface area contributed by atoms with Crippen molar-refractivity contribution in [3.63, 3.8) is 0 Å². The van der Waals surface area contributed by atoms with Crippen LogP contribution in [0.4, 0.5) is 0 Å². The van der Waals surface area contributed by atoms with E-state index in [-0.39, 0.29) is 13.2 Å². The van der Waals surface area contributed by atoms with E-state index in [1.807, 2.05) is 31.2 Å². The Morgan fingerprint density at radius 2 is 2.33 bits per heavy atom. The Balaban J connectivity index is 1.72. The van der Waals surface area contributed by atoms with E-state index in [0.29, 0.717) is 5.75 Å². The number of aryl methyl sites for hydroxylation is 1. The number of fused-ring (bicyclic) bond motifs is 1. The third-order valence-electron chi connectivity index (χ3n) is 3.82. The highest BCUT2D eigenvalue weighted by molar-refractivity contribution is 5.81. The molecule has 24 heavy (non-hydrogen) atoms. The molecule has 2 atom stereocenters. The zero-order valence-corrected chi connectivity index (χ0v) is 13.3. The molecule has 3 rings (SSSR count). The van der Waals surface area contributed by atoms with Crippen molar-refractivity contribution in [3.8, 4) is 5.75 Å². The van der Waals surface area contributed by atoms with Crippen LogP contribution in [-0.4, -0.2) is 47.5 Å². The second kappa shape index (κ2) is 6.76. The summed E-state index contributed by atoms with van der Waals surface area (Å²) < 4.78 is 11.3. The molecule has 0 aliphatic carbocycles. The molecular weight excluding hydrogens is 310 g/mol. The van der Waals surface area contributed by atoms with E-state index in [9.17, 15) is 9.90 Å². The van der Waals surface area contributed by atoms with Gasteiger partial charge in [-0.3, -0.25) is 9.79 Å². The van der Waals surface area contributed by atoms with Crippen LogP contribution in [-0.2, 0) is 4.79 Å². The van der Waals surface area contributed by atoms with Crippen LogP contribution >= 0.6 is 0 Å². The van der Waals surface area contributed by atoms with Crippen molar-refractivity contribution in [2.45, 2.75) is 19.1 Å². The molecule has 0 saturated heterocycles. The first kappa shape index (κ1) is 16.1. The minimum atomic E-state index is -0.841. The van der Waals surface area contributed by atoms with Crippen molar-refractivity contribution in [1.29, 1.82) is 0 Å². The third-order valence-corrected chi connectivity index (χ3v) is 3.82. The summed E-state index contributed by atoms with van der Waals surface area (Å²) in [4.78, 5) is 17.4. The van der Waals surface area contributed by atoms with Crippen molar-refractivity contribution in [2.75, 3.05) is 13.2 Å². The van der Waals surface area contributed by atoms with Crippen LogP contribution in [0.15, 0.2) is 46.0 Å². The number of aliphatic hydroxyl groups is 1. The second-order valence-corrected chi connectivity index (χ2v) is 5.54. The van der Waals surface area contributed by atoms with Gasteiger partial charge in [0.15, 0.2) is 6.17 Å². The Morgan fingerprint density at radius 1 is 1.50 bits per heavy atom. The van der Waals surface area contributed by atoms with Crippen LogP contribution in [0.25, 0.3) is 11.0 Å². The average Bonchev–Trinajstić information content (AvgIpc) is 2.93. The number of aliphatic imine (C=N–C) groups is 1. The normalized spacial score (nSPS) is 18.1. The summed E-state index contributed by atoms with van der Waals surface area (Å²) in [6.07, 6.45) is 4.54. The molecule has 7 nitrogen and oxygen atoms in total. The van der Waals surface area contributed by atoms with E-state index in [1.165, 1.54) is 0 Å². The van der Waals surface area contributed by atoms with Crippen LogP contribution in [0, 0.1) is 6.92 Å². The zero-order valence-electron chi connectivity index (χ0n) is 13.3. The lowest BCUT2D eigenvalue weighted by molar-refractivity contribution is -0.124. The number of rotatable bonds is 6. The van der Waals surface area contributed by atoms with Gasteiger partial charge < -0.3 is 24.9 Å². The van der Waals surface area contributed by atoms with Crippen molar-refractivity contribution in [3.05, 3.63) is 42.3 Å². The molecule has 0 bridgehead atoms. The number of furan rings is 1. The van der Waals surface area contributed by atoms with Gasteiger partial charge in [0.2, 0.25) is 5.91 Å². The highest BCUT2D eigenvalue weighted by Crippen LogP contribution is 2.24. The summed E-state index contributed by atoms with van der Waals surface area (Å²) in [5.74, 6) is 0.898. The van der Waals surface area contributed by atoms with Gasteiger partial charge in [-0.25, -0.2) is 0 Å². The Hall–Kier alpha value is -2.80. The lowest BCUT2D eigenvalue weighted by atomic mass is 10.2. The van der Waals surface area contributed by atoms with Crippen LogP contribution in [0.1, 0.15) is 5.76 Å². The standard InChI is InChI=1S/C17H19N3O4/c1-11-7-12-8-13(3-4-15(12)24-11)23-10-16-19-5-2-6-20(16)14(9-21)17(18)22/h2-8,14,16,21H,9-10H2,1H3,(H2,18,22)/t14?,16-/m1/s1. The number of nitrogens with two attached hydrogens (primary N) is 1. The molecule has 0 fully saturated rings. The first-order valence-corrected chi connectivity index (χ1v) is 7.59. The Bertz CT molecular complexity index is 796. The van der Waals surface area contributed by atoms with E-state index in [4.69, 9.17) is 14.9 Å². The summed E-state index contributed by atoms with van der Waals surface area (Å²) in [6.45, 7) is 1.72. The lowest BCUT2D eigenvalue weighted by Crippen LogP contribution is -2.51. The zero-order chi connectivity index (χ0) is 17.1. The SMILES string of the molecule is Cc1cc2cc(OC[C@@H]3N=CC=CN3C(CO)C(N)=O)ccc2o1. The van der Waals surface area contributed by atoms with Crippen LogP contribution in [0.2, 0.25) is 0 Å². The molecule has 1 aromatic carbocycles. The van der Waals surface area contributed by atoms with Crippen LogP contribution in [0.5, 0.6) is 5.75 Å². The summed E-state index contributed by atoms with van der Waals surface area (Å²) >= 11 is 0. The van der Waals surface area contributed by atoms with Crippen molar-refractivity contribution >= 4 is 23.1 Å². The number of hydrogen-bond donors (Lipinski definition) is 2. The molecule has 126 valence electrons. The van der Waals surface area contributed by atoms with Crippen molar-refractivity contribution in [1.82, 2.24) is 4.90 Å². The molecule has 0 radical (unpaired) electrons. The Kier molecular flexibility index (Phi) is 4.52. The van der Waals surface area contributed by atoms with Gasteiger partial charge in [-0.15, -0.1) is 0 Å². The molecule has 3 N–H and O–H groups in total. The second-order valence-electron chi connectivity index (χ2n) is 5.54. The molecule has 2 heterocycles. The maximum atomic E-state index is 11.5. The number of ether oxygens (including phenoxy) is 1. The Morgan fingerprint density at radius 3 is 3.08 bits per heavy atom. The molecule has 1 aromatic heterocycles. The van der Waals surface area contributed by atoms with Gasteiger partial charge in [-0.05, 0) is 37.3 Å². The number of allylic oxidation sites excluding steroid dienone is 1.